The zero-order valence-corrected chi connectivity index (χ0v) is 17.7. The van der Waals surface area contributed by atoms with Crippen LogP contribution < -0.4 is 5.82 Å². The number of nitrogens with zero attached hydrogens (tertiary/aromatic N) is 1. The Balaban J connectivity index is 1.44. The van der Waals surface area contributed by atoms with Gasteiger partial charge in [-0.1, -0.05) is 0 Å². The minimum Gasteiger partial charge on any atom is -0.457 e. The molecule has 0 N–H and O–H groups in total. The number of rotatable bonds is 3. The van der Waals surface area contributed by atoms with E-state index in [1.807, 2.05) is 20.8 Å². The predicted octanol–water partition coefficient (Wildman–Crippen LogP) is 3.79. The average molecular weight is 409 g/mol. The lowest BCUT2D eigenvalue weighted by atomic mass is 9.65. The van der Waals surface area contributed by atoms with Crippen LogP contribution in [0.25, 0.3) is 0 Å². The van der Waals surface area contributed by atoms with Gasteiger partial charge in [0, 0.05) is 13.1 Å². The maximum Gasteiger partial charge on any atom is 0.519 e. The maximum atomic E-state index is 12.4. The van der Waals surface area contributed by atoms with E-state index in [9.17, 15) is 14.4 Å². The molecule has 0 radical (unpaired) electrons. The number of carbonyl (C=O) groups is 2. The first-order chi connectivity index (χ1) is 13.6. The fourth-order valence-electron chi connectivity index (χ4n) is 4.22. The lowest BCUT2D eigenvalue weighted by Crippen LogP contribution is -2.46. The van der Waals surface area contributed by atoms with Crippen molar-refractivity contribution in [1.29, 1.82) is 0 Å². The highest BCUT2D eigenvalue weighted by atomic mass is 16.6. The molecule has 0 atom stereocenters. The average Bonchev–Trinajstić information content (AvgIpc) is 2.97. The van der Waals surface area contributed by atoms with Crippen molar-refractivity contribution in [1.82, 2.24) is 4.90 Å². The second-order valence-electron chi connectivity index (χ2n) is 9.28. The van der Waals surface area contributed by atoms with Gasteiger partial charge in [-0.3, -0.25) is 4.79 Å². The molecule has 1 saturated carbocycles. The molecule has 8 heteroatoms. The van der Waals surface area contributed by atoms with Crippen molar-refractivity contribution in [2.45, 2.75) is 78.4 Å². The van der Waals surface area contributed by atoms with Crippen LogP contribution in [0.1, 0.15) is 70.8 Å². The summed E-state index contributed by atoms with van der Waals surface area (Å²) in [5.74, 6) is -0.587. The van der Waals surface area contributed by atoms with E-state index in [1.165, 1.54) is 0 Å². The van der Waals surface area contributed by atoms with Gasteiger partial charge in [0.15, 0.2) is 18.1 Å². The second kappa shape index (κ2) is 8.24. The summed E-state index contributed by atoms with van der Waals surface area (Å²) >= 11 is 0. The molecule has 1 amide bonds. The molecule has 29 heavy (non-hydrogen) atoms. The summed E-state index contributed by atoms with van der Waals surface area (Å²) in [7, 11) is 0. The van der Waals surface area contributed by atoms with Gasteiger partial charge in [-0.2, -0.15) is 0 Å². The number of esters is 1. The minimum absolute atomic E-state index is 0.0805. The van der Waals surface area contributed by atoms with Crippen LogP contribution in [0.4, 0.5) is 4.79 Å². The molecule has 1 aliphatic heterocycles. The summed E-state index contributed by atoms with van der Waals surface area (Å²) in [5, 5.41) is 0. The van der Waals surface area contributed by atoms with Gasteiger partial charge in [0.2, 0.25) is 0 Å². The molecule has 0 unspecified atom stereocenters. The number of hydrogen-bond acceptors (Lipinski definition) is 7. The highest BCUT2D eigenvalue weighted by Gasteiger charge is 2.41. The Morgan fingerprint density at radius 1 is 1.10 bits per heavy atom. The number of hydrogen-bond donors (Lipinski definition) is 0. The van der Waals surface area contributed by atoms with Crippen LogP contribution in [-0.2, 0) is 20.9 Å². The Morgan fingerprint density at radius 2 is 1.72 bits per heavy atom. The van der Waals surface area contributed by atoms with Crippen molar-refractivity contribution in [2.75, 3.05) is 13.1 Å². The molecular weight excluding hydrogens is 378 g/mol. The van der Waals surface area contributed by atoms with E-state index < -0.39 is 11.4 Å². The van der Waals surface area contributed by atoms with Gasteiger partial charge in [-0.25, -0.2) is 9.59 Å². The Morgan fingerprint density at radius 3 is 2.24 bits per heavy atom. The number of aryl methyl sites for hydroxylation is 1. The Kier molecular flexibility index (Phi) is 6.10. The molecule has 2 heterocycles. The van der Waals surface area contributed by atoms with Gasteiger partial charge < -0.3 is 23.2 Å². The first-order valence-corrected chi connectivity index (χ1v) is 10.3. The highest BCUT2D eigenvalue weighted by molar-refractivity contribution is 5.72. The highest BCUT2D eigenvalue weighted by Crippen LogP contribution is 2.46. The second-order valence-corrected chi connectivity index (χ2v) is 9.28. The van der Waals surface area contributed by atoms with E-state index in [0.29, 0.717) is 18.8 Å². The third-order valence-corrected chi connectivity index (χ3v) is 6.04. The standard InChI is InChI=1S/C21H31NO7/c1-14-16(28-19(25)27-14)13-26-17(23)15-5-7-21(8-6-15)9-11-22(12-10-21)18(24)29-20(2,3)4/h15H,5-13H2,1-4H3. The fourth-order valence-corrected chi connectivity index (χ4v) is 4.22. The van der Waals surface area contributed by atoms with Gasteiger partial charge in [0.05, 0.1) is 5.92 Å². The minimum atomic E-state index is -0.786. The van der Waals surface area contributed by atoms with Gasteiger partial charge >= 0.3 is 17.9 Å². The van der Waals surface area contributed by atoms with Crippen LogP contribution in [-0.4, -0.2) is 35.7 Å². The molecular formula is C21H31NO7. The van der Waals surface area contributed by atoms with Crippen LogP contribution in [0.5, 0.6) is 0 Å². The van der Waals surface area contributed by atoms with E-state index in [0.717, 1.165) is 38.5 Å². The van der Waals surface area contributed by atoms with Crippen molar-refractivity contribution >= 4 is 12.1 Å². The Labute approximate surface area is 170 Å². The van der Waals surface area contributed by atoms with Crippen molar-refractivity contribution < 1.29 is 27.9 Å². The Hall–Kier alpha value is -2.25. The van der Waals surface area contributed by atoms with Gasteiger partial charge in [-0.15, -0.1) is 0 Å². The Bertz CT molecular complexity index is 783. The quantitative estimate of drug-likeness (QED) is 0.700. The number of amides is 1. The van der Waals surface area contributed by atoms with Gasteiger partial charge in [-0.05, 0) is 71.6 Å². The normalized spacial score (nSPS) is 19.9. The first kappa shape index (κ1) is 21.5. The van der Waals surface area contributed by atoms with Crippen molar-refractivity contribution in [3.05, 3.63) is 22.1 Å². The molecule has 1 aliphatic carbocycles. The zero-order valence-electron chi connectivity index (χ0n) is 17.7. The molecule has 3 rings (SSSR count). The number of carbonyl (C=O) groups excluding carboxylic acids is 2. The number of ether oxygens (including phenoxy) is 2. The maximum absolute atomic E-state index is 12.4. The van der Waals surface area contributed by atoms with E-state index in [1.54, 1.807) is 11.8 Å². The summed E-state index contributed by atoms with van der Waals surface area (Å²) in [6.07, 6.45) is 5.09. The van der Waals surface area contributed by atoms with Crippen LogP contribution in [0.15, 0.2) is 13.6 Å². The van der Waals surface area contributed by atoms with Crippen LogP contribution in [0.2, 0.25) is 0 Å². The van der Waals surface area contributed by atoms with Crippen molar-refractivity contribution in [3.8, 4) is 0 Å². The lowest BCUT2D eigenvalue weighted by Gasteiger charge is -2.45. The summed E-state index contributed by atoms with van der Waals surface area (Å²) < 4.78 is 20.4. The third kappa shape index (κ3) is 5.42. The fraction of sp³-hybridized carbons (Fsp3) is 0.762. The molecule has 1 aromatic heterocycles. The van der Waals surface area contributed by atoms with E-state index in [-0.39, 0.29) is 35.8 Å². The molecule has 0 aromatic carbocycles. The largest absolute Gasteiger partial charge is 0.519 e. The van der Waals surface area contributed by atoms with Gasteiger partial charge in [0.25, 0.3) is 0 Å². The van der Waals surface area contributed by atoms with Crippen LogP contribution >= 0.6 is 0 Å². The summed E-state index contributed by atoms with van der Waals surface area (Å²) in [6, 6.07) is 0. The molecule has 2 fully saturated rings. The van der Waals surface area contributed by atoms with E-state index >= 15 is 0 Å². The molecule has 162 valence electrons. The molecule has 1 aromatic rings. The summed E-state index contributed by atoms with van der Waals surface area (Å²) in [5.41, 5.74) is -0.286. The number of piperidine rings is 1. The molecule has 1 saturated heterocycles. The predicted molar refractivity (Wildman–Crippen MR) is 103 cm³/mol. The summed E-state index contributed by atoms with van der Waals surface area (Å²) in [6.45, 7) is 8.53. The SMILES string of the molecule is Cc1oc(=O)oc1COC(=O)C1CCC2(CC1)CCN(C(=O)OC(C)(C)C)CC2. The molecule has 1 spiro atoms. The first-order valence-electron chi connectivity index (χ1n) is 10.3. The number of likely N-dealkylation sites (tertiary alicyclic amines) is 1. The van der Waals surface area contributed by atoms with Crippen molar-refractivity contribution in [2.24, 2.45) is 11.3 Å². The van der Waals surface area contributed by atoms with E-state index in [4.69, 9.17) is 18.3 Å². The third-order valence-electron chi connectivity index (χ3n) is 6.04. The molecule has 0 bridgehead atoms. The molecule has 2 aliphatic rings. The van der Waals surface area contributed by atoms with Crippen LogP contribution in [0.3, 0.4) is 0 Å². The van der Waals surface area contributed by atoms with E-state index in [2.05, 4.69) is 0 Å². The smallest absolute Gasteiger partial charge is 0.457 e. The van der Waals surface area contributed by atoms with Crippen LogP contribution in [0, 0.1) is 18.3 Å². The molecule has 8 nitrogen and oxygen atoms in total. The zero-order chi connectivity index (χ0) is 21.2. The lowest BCUT2D eigenvalue weighted by molar-refractivity contribution is -0.152. The summed E-state index contributed by atoms with van der Waals surface area (Å²) in [4.78, 5) is 37.5. The van der Waals surface area contributed by atoms with Gasteiger partial charge in [0.1, 0.15) is 5.60 Å². The topological polar surface area (TPSA) is 99.2 Å². The monoisotopic (exact) mass is 409 g/mol. The van der Waals surface area contributed by atoms with Crippen molar-refractivity contribution in [3.63, 3.8) is 0 Å².